The second kappa shape index (κ2) is 41.6. The minimum Gasteiger partial charge on any atom is -0.461 e. The molecule has 26 heteroatoms. The molecule has 114 heavy (non-hydrogen) atoms. The molecule has 4 aliphatic carbocycles. The SMILES string of the molecule is COC[C@H]1OC(=O)C(CN(C)CCCN(C)C)C2C(=O)C(=O)C3=C([C@H](OC(C)=O)C[C@@]4(C)C3=CC[C@@H]4OC(=O)CCCCCCC(=O)O[C@@H]3CC[C@@H](C[C@@H](C)[C@@H]4CC(=O)C(C)=CC(C)[C@@H](O)[C@@H](OC)C(=O)[C@H](C)C[C@H](C)C=CC=CC=C(C)[C@@H](OC)C[C@@H]5CC[C@@H](C)[C@@](O)(O5)C(=O)C(=O)N5CCCC[C@H]5C(=O)O4)C[C@H]3OC)[C@]21C. The highest BCUT2D eigenvalue weighted by molar-refractivity contribution is 6.47. The second-order valence-corrected chi connectivity index (χ2v) is 34.7. The summed E-state index contributed by atoms with van der Waals surface area (Å²) >= 11 is 0. The quantitative estimate of drug-likeness (QED) is 0.0393. The average molecular weight is 1600 g/mol. The number of carbonyl (C=O) groups is 11. The standard InChI is InChI=1S/C88H131N3O23/c1-51-28-21-20-22-29-52(2)66(106-15)46-60-35-33-57(7)88(104,114-60)82(100)83(101)91-41-26-25-30-63(91)85(103)111-67(47-64(93)53(3)43-56(6)78(97)81(108-17)77(96)55(5)42-51)54(4)44-59-34-37-65(68(45-59)107-16)110-72(94)31-23-18-19-24-32-73(95)112-70-38-36-62-74-76(69(109-58(8)92)48-86(62,70)9)87(10)71(50-105-14)113-84(102)61(75(87)80(99)79(74)98)49-90(13)40-27-39-89(11)12/h20-22,28-29,36,43,51,54-57,59-61,63,65-71,75,78,81,97,104H,18-19,23-27,30-35,37-42,44-50H2,1-17H3/t51-,54-,55-,56?,57-,59+,60+,61?,63+,65-,66+,67+,68-,69-,70+,71-,75?,78-,81+,86+,87+,88-/m1/s1. The van der Waals surface area contributed by atoms with Crippen molar-refractivity contribution in [1.82, 2.24) is 14.7 Å². The Balaban J connectivity index is 0.885. The Morgan fingerprint density at radius 2 is 1.46 bits per heavy atom. The summed E-state index contributed by atoms with van der Waals surface area (Å²) in [5, 5.41) is 23.9. The van der Waals surface area contributed by atoms with Gasteiger partial charge in [-0.25, -0.2) is 4.79 Å². The average Bonchev–Trinajstić information content (AvgIpc) is 1.22. The van der Waals surface area contributed by atoms with Gasteiger partial charge in [-0.15, -0.1) is 0 Å². The maximum Gasteiger partial charge on any atom is 0.329 e. The number of allylic oxidation sites excluding steroid dienone is 7. The summed E-state index contributed by atoms with van der Waals surface area (Å²) in [6.07, 6.45) is 12.2. The summed E-state index contributed by atoms with van der Waals surface area (Å²) in [4.78, 5) is 162. The van der Waals surface area contributed by atoms with E-state index >= 15 is 0 Å². The van der Waals surface area contributed by atoms with Gasteiger partial charge in [-0.2, -0.15) is 0 Å². The lowest BCUT2D eigenvalue weighted by Gasteiger charge is -2.56. The van der Waals surface area contributed by atoms with Crippen LogP contribution in [-0.2, 0) is 100 Å². The third kappa shape index (κ3) is 22.1. The number of hydrogen-bond donors (Lipinski definition) is 2. The van der Waals surface area contributed by atoms with E-state index in [-0.39, 0.29) is 93.4 Å². The van der Waals surface area contributed by atoms with E-state index < -0.39 is 178 Å². The molecular weight excluding hydrogens is 1470 g/mol. The molecule has 3 unspecified atom stereocenters. The maximum absolute atomic E-state index is 14.8. The van der Waals surface area contributed by atoms with Crippen molar-refractivity contribution in [3.8, 4) is 0 Å². The number of esters is 5. The molecule has 3 saturated heterocycles. The summed E-state index contributed by atoms with van der Waals surface area (Å²) < 4.78 is 60.4. The molecule has 26 nitrogen and oxygen atoms in total. The van der Waals surface area contributed by atoms with Crippen LogP contribution in [0.15, 0.2) is 70.4 Å². The van der Waals surface area contributed by atoms with Gasteiger partial charge < -0.3 is 72.3 Å². The smallest absolute Gasteiger partial charge is 0.329 e. The van der Waals surface area contributed by atoms with Crippen molar-refractivity contribution in [2.75, 3.05) is 82.4 Å². The minimum absolute atomic E-state index is 0.0228. The normalized spacial score (nSPS) is 35.0. The fourth-order valence-corrected chi connectivity index (χ4v) is 19.0. The van der Waals surface area contributed by atoms with Gasteiger partial charge in [0.05, 0.1) is 42.9 Å². The molecule has 0 aromatic rings. The number of fused-ring (bicyclic) bond motifs is 7. The number of nitrogens with zero attached hydrogens (tertiary/aromatic N) is 3. The van der Waals surface area contributed by atoms with E-state index in [9.17, 15) is 63.0 Å². The number of aliphatic hydroxyl groups is 2. The van der Waals surface area contributed by atoms with Gasteiger partial charge in [0.1, 0.15) is 42.7 Å². The molecule has 0 aromatic carbocycles. The molecule has 22 atom stereocenters. The molecule has 636 valence electrons. The van der Waals surface area contributed by atoms with Crippen LogP contribution >= 0.6 is 0 Å². The van der Waals surface area contributed by atoms with Crippen molar-refractivity contribution < 1.29 is 110 Å². The van der Waals surface area contributed by atoms with Crippen LogP contribution in [-0.4, -0.2) is 245 Å². The largest absolute Gasteiger partial charge is 0.461 e. The Hall–Kier alpha value is -6.75. The molecule has 2 N–H and O–H groups in total. The molecule has 0 spiro atoms. The first-order chi connectivity index (χ1) is 54.0. The number of rotatable bonds is 24. The number of ketones is 5. The van der Waals surface area contributed by atoms with Gasteiger partial charge >= 0.3 is 29.8 Å². The number of aliphatic hydroxyl groups excluding tert-OH is 1. The van der Waals surface area contributed by atoms with E-state index in [4.69, 9.17) is 47.4 Å². The number of unbranched alkanes of at least 4 members (excludes halogenated alkanes) is 3. The van der Waals surface area contributed by atoms with E-state index in [1.54, 1.807) is 54.9 Å². The summed E-state index contributed by atoms with van der Waals surface area (Å²) in [5.74, 6) is -14.6. The van der Waals surface area contributed by atoms with Crippen molar-refractivity contribution in [2.24, 2.45) is 58.2 Å². The van der Waals surface area contributed by atoms with Crippen LogP contribution in [0.5, 0.6) is 0 Å². The molecule has 4 aliphatic heterocycles. The van der Waals surface area contributed by atoms with Crippen LogP contribution in [0.4, 0.5) is 0 Å². The molecular formula is C88H131N3O23. The number of ether oxygens (including phenoxy) is 10. The third-order valence-corrected chi connectivity index (χ3v) is 25.7. The first-order valence-corrected chi connectivity index (χ1v) is 41.6. The predicted molar refractivity (Wildman–Crippen MR) is 422 cm³/mol. The summed E-state index contributed by atoms with van der Waals surface area (Å²) in [6.45, 7) is 19.0. The first kappa shape index (κ1) is 92.8. The van der Waals surface area contributed by atoms with E-state index in [0.29, 0.717) is 101 Å². The Labute approximate surface area is 674 Å². The van der Waals surface area contributed by atoms with E-state index in [1.807, 2.05) is 90.2 Å². The number of piperidine rings is 1. The topological polar surface area (TPSA) is 330 Å². The van der Waals surface area contributed by atoms with Gasteiger partial charge in [0.2, 0.25) is 17.4 Å². The van der Waals surface area contributed by atoms with Gasteiger partial charge in [0.15, 0.2) is 11.6 Å². The summed E-state index contributed by atoms with van der Waals surface area (Å²) in [7, 11) is 11.7. The number of Topliss-reactive ketones (excluding diaryl/α,β-unsaturated/α-hetero) is 5. The van der Waals surface area contributed by atoms with Gasteiger partial charge in [-0.05, 0) is 172 Å². The predicted octanol–water partition coefficient (Wildman–Crippen LogP) is 9.80. The molecule has 4 heterocycles. The first-order valence-electron chi connectivity index (χ1n) is 41.6. The number of cyclic esters (lactones) is 2. The van der Waals surface area contributed by atoms with E-state index in [0.717, 1.165) is 23.4 Å². The van der Waals surface area contributed by atoms with Gasteiger partial charge in [-0.1, -0.05) is 104 Å². The van der Waals surface area contributed by atoms with Crippen molar-refractivity contribution in [3.63, 3.8) is 0 Å². The zero-order chi connectivity index (χ0) is 83.8. The second-order valence-electron chi connectivity index (χ2n) is 34.7. The molecule has 1 saturated carbocycles. The van der Waals surface area contributed by atoms with E-state index in [1.165, 1.54) is 21.1 Å². The zero-order valence-corrected chi connectivity index (χ0v) is 70.7. The van der Waals surface area contributed by atoms with Crippen LogP contribution in [0.3, 0.4) is 0 Å². The van der Waals surface area contributed by atoms with Crippen LogP contribution in [0, 0.1) is 58.2 Å². The monoisotopic (exact) mass is 1600 g/mol. The lowest BCUT2D eigenvalue weighted by Crippen LogP contribution is -2.65. The van der Waals surface area contributed by atoms with Crippen LogP contribution in [0.1, 0.15) is 204 Å². The zero-order valence-electron chi connectivity index (χ0n) is 70.7. The van der Waals surface area contributed by atoms with Crippen molar-refractivity contribution >= 4 is 64.7 Å². The summed E-state index contributed by atoms with van der Waals surface area (Å²) in [5.41, 5.74) is -0.215. The van der Waals surface area contributed by atoms with Gasteiger partial charge in [-0.3, -0.25) is 47.9 Å². The lowest BCUT2D eigenvalue weighted by molar-refractivity contribution is -0.265. The Bertz CT molecular complexity index is 3650. The van der Waals surface area contributed by atoms with Gasteiger partial charge in [0.25, 0.3) is 11.7 Å². The summed E-state index contributed by atoms with van der Waals surface area (Å²) in [6, 6.07) is -1.23. The van der Waals surface area contributed by atoms with Crippen LogP contribution < -0.4 is 0 Å². The fourth-order valence-electron chi connectivity index (χ4n) is 19.0. The van der Waals surface area contributed by atoms with Crippen LogP contribution in [0.25, 0.3) is 0 Å². The molecule has 2 bridgehead atoms. The number of amides is 1. The highest BCUT2D eigenvalue weighted by atomic mass is 16.6. The fraction of sp³-hybridized carbons (Fsp3) is 0.739. The van der Waals surface area contributed by atoms with Crippen LogP contribution in [0.2, 0.25) is 0 Å². The van der Waals surface area contributed by atoms with Crippen molar-refractivity contribution in [3.05, 3.63) is 70.4 Å². The molecule has 0 radical (unpaired) electrons. The number of carbonyl (C=O) groups excluding carboxylic acids is 11. The number of hydrogen-bond acceptors (Lipinski definition) is 25. The van der Waals surface area contributed by atoms with E-state index in [2.05, 4.69) is 4.90 Å². The molecule has 4 fully saturated rings. The van der Waals surface area contributed by atoms with Crippen molar-refractivity contribution in [2.45, 2.75) is 277 Å². The molecule has 0 aromatic heterocycles. The lowest BCUT2D eigenvalue weighted by atomic mass is 9.50. The number of methoxy groups -OCH3 is 4. The van der Waals surface area contributed by atoms with Crippen molar-refractivity contribution in [1.29, 1.82) is 0 Å². The molecule has 1 amide bonds. The maximum atomic E-state index is 14.8. The molecule has 8 aliphatic rings. The Morgan fingerprint density at radius 1 is 0.754 bits per heavy atom. The Kier molecular flexibility index (Phi) is 33.8. The highest BCUT2D eigenvalue weighted by Crippen LogP contribution is 2.62. The Morgan fingerprint density at radius 3 is 2.11 bits per heavy atom. The molecule has 8 rings (SSSR count). The highest BCUT2D eigenvalue weighted by Gasteiger charge is 2.68. The van der Waals surface area contributed by atoms with Gasteiger partial charge in [0, 0.05) is 121 Å². The third-order valence-electron chi connectivity index (χ3n) is 25.7. The minimum atomic E-state index is -2.50.